The van der Waals surface area contributed by atoms with Gasteiger partial charge in [-0.1, -0.05) is 6.07 Å². The number of pyridine rings is 1. The number of H-pyrrole nitrogens is 1. The third kappa shape index (κ3) is 4.18. The van der Waals surface area contributed by atoms with Crippen molar-refractivity contribution in [3.05, 3.63) is 65.9 Å². The first kappa shape index (κ1) is 20.0. The van der Waals surface area contributed by atoms with Crippen LogP contribution in [0.3, 0.4) is 0 Å². The number of carbonyl (C=O) groups excluding carboxylic acids is 1. The molecule has 4 rings (SSSR count). The zero-order chi connectivity index (χ0) is 21.1. The SMILES string of the molecule is CC(NC(=O)c1cn[nH]c1-c1cccnc1)c1ccc(N2CCN(C)CC2)c(F)c1. The lowest BCUT2D eigenvalue weighted by Gasteiger charge is -2.34. The first-order valence-electron chi connectivity index (χ1n) is 10.0. The number of halogens is 1. The second-order valence-corrected chi connectivity index (χ2v) is 7.60. The molecule has 1 amide bonds. The molecule has 7 nitrogen and oxygen atoms in total. The van der Waals surface area contributed by atoms with Gasteiger partial charge in [-0.2, -0.15) is 5.10 Å². The second kappa shape index (κ2) is 8.62. The number of anilines is 1. The maximum Gasteiger partial charge on any atom is 0.255 e. The molecule has 1 aliphatic rings. The highest BCUT2D eigenvalue weighted by Gasteiger charge is 2.21. The summed E-state index contributed by atoms with van der Waals surface area (Å²) >= 11 is 0. The molecule has 156 valence electrons. The van der Waals surface area contributed by atoms with Gasteiger partial charge in [0.1, 0.15) is 5.82 Å². The zero-order valence-electron chi connectivity index (χ0n) is 17.1. The lowest BCUT2D eigenvalue weighted by Crippen LogP contribution is -2.44. The number of piperazine rings is 1. The molecule has 0 aliphatic carbocycles. The van der Waals surface area contributed by atoms with Crippen molar-refractivity contribution >= 4 is 11.6 Å². The van der Waals surface area contributed by atoms with Crippen molar-refractivity contribution in [1.82, 2.24) is 25.4 Å². The molecule has 1 aromatic carbocycles. The highest BCUT2D eigenvalue weighted by Crippen LogP contribution is 2.25. The molecular weight excluding hydrogens is 383 g/mol. The van der Waals surface area contributed by atoms with Crippen LogP contribution in [0.2, 0.25) is 0 Å². The largest absolute Gasteiger partial charge is 0.367 e. The number of amides is 1. The number of aromatic nitrogens is 3. The molecule has 1 saturated heterocycles. The summed E-state index contributed by atoms with van der Waals surface area (Å²) in [6, 6.07) is 8.48. The third-order valence-electron chi connectivity index (χ3n) is 5.50. The summed E-state index contributed by atoms with van der Waals surface area (Å²) in [6.07, 6.45) is 4.82. The lowest BCUT2D eigenvalue weighted by atomic mass is 10.1. The number of benzene rings is 1. The Morgan fingerprint density at radius 1 is 1.20 bits per heavy atom. The molecular formula is C22H25FN6O. The van der Waals surface area contributed by atoms with E-state index in [1.165, 1.54) is 12.3 Å². The molecule has 1 fully saturated rings. The summed E-state index contributed by atoms with van der Waals surface area (Å²) in [5.41, 5.74) is 3.12. The number of rotatable bonds is 5. The number of hydrogen-bond donors (Lipinski definition) is 2. The van der Waals surface area contributed by atoms with E-state index in [9.17, 15) is 9.18 Å². The first-order chi connectivity index (χ1) is 14.5. The van der Waals surface area contributed by atoms with E-state index in [1.54, 1.807) is 24.5 Å². The van der Waals surface area contributed by atoms with E-state index in [0.29, 0.717) is 22.5 Å². The predicted octanol–water partition coefficient (Wildman–Crippen LogP) is 2.85. The van der Waals surface area contributed by atoms with Crippen LogP contribution >= 0.6 is 0 Å². The minimum atomic E-state index is -0.356. The number of nitrogens with zero attached hydrogens (tertiary/aromatic N) is 4. The highest BCUT2D eigenvalue weighted by molar-refractivity contribution is 5.99. The number of aromatic amines is 1. The van der Waals surface area contributed by atoms with Gasteiger partial charge in [-0.3, -0.25) is 14.9 Å². The van der Waals surface area contributed by atoms with Crippen molar-refractivity contribution in [2.45, 2.75) is 13.0 Å². The van der Waals surface area contributed by atoms with E-state index >= 15 is 0 Å². The minimum absolute atomic E-state index is 0.266. The van der Waals surface area contributed by atoms with E-state index in [2.05, 4.69) is 37.3 Å². The van der Waals surface area contributed by atoms with Crippen LogP contribution in [0.4, 0.5) is 10.1 Å². The molecule has 1 unspecified atom stereocenters. The van der Waals surface area contributed by atoms with Gasteiger partial charge in [-0.25, -0.2) is 4.39 Å². The molecule has 1 atom stereocenters. The third-order valence-corrected chi connectivity index (χ3v) is 5.50. The molecule has 0 saturated carbocycles. The number of nitrogens with one attached hydrogen (secondary N) is 2. The Kier molecular flexibility index (Phi) is 5.76. The Labute approximate surface area is 174 Å². The van der Waals surface area contributed by atoms with Crippen LogP contribution in [0.1, 0.15) is 28.9 Å². The van der Waals surface area contributed by atoms with E-state index in [4.69, 9.17) is 0 Å². The van der Waals surface area contributed by atoms with E-state index < -0.39 is 0 Å². The molecule has 30 heavy (non-hydrogen) atoms. The van der Waals surface area contributed by atoms with Gasteiger partial charge in [-0.05, 0) is 43.8 Å². The van der Waals surface area contributed by atoms with Crippen LogP contribution in [-0.4, -0.2) is 59.2 Å². The maximum absolute atomic E-state index is 14.8. The topological polar surface area (TPSA) is 77.1 Å². The normalized spacial score (nSPS) is 15.8. The first-order valence-corrected chi connectivity index (χ1v) is 10.0. The Morgan fingerprint density at radius 2 is 2.00 bits per heavy atom. The van der Waals surface area contributed by atoms with E-state index in [1.807, 2.05) is 19.1 Å². The highest BCUT2D eigenvalue weighted by atomic mass is 19.1. The summed E-state index contributed by atoms with van der Waals surface area (Å²) in [5.74, 6) is -0.545. The smallest absolute Gasteiger partial charge is 0.255 e. The van der Waals surface area contributed by atoms with Crippen molar-refractivity contribution in [2.24, 2.45) is 0 Å². The van der Waals surface area contributed by atoms with Crippen LogP contribution in [0, 0.1) is 5.82 Å². The van der Waals surface area contributed by atoms with Crippen LogP contribution in [0.25, 0.3) is 11.3 Å². The Balaban J connectivity index is 1.47. The summed E-state index contributed by atoms with van der Waals surface area (Å²) in [5, 5.41) is 9.79. The molecule has 1 aliphatic heterocycles. The second-order valence-electron chi connectivity index (χ2n) is 7.60. The molecule has 0 bridgehead atoms. The van der Waals surface area contributed by atoms with Crippen molar-refractivity contribution in [3.63, 3.8) is 0 Å². The molecule has 3 heterocycles. The van der Waals surface area contributed by atoms with Crippen molar-refractivity contribution < 1.29 is 9.18 Å². The monoisotopic (exact) mass is 408 g/mol. The fourth-order valence-corrected chi connectivity index (χ4v) is 3.64. The summed E-state index contributed by atoms with van der Waals surface area (Å²) in [7, 11) is 2.07. The zero-order valence-corrected chi connectivity index (χ0v) is 17.1. The fraction of sp³-hybridized carbons (Fsp3) is 0.318. The van der Waals surface area contributed by atoms with Gasteiger partial charge in [-0.15, -0.1) is 0 Å². The van der Waals surface area contributed by atoms with Crippen molar-refractivity contribution in [2.75, 3.05) is 38.1 Å². The van der Waals surface area contributed by atoms with Gasteiger partial charge in [0.05, 0.1) is 29.2 Å². The van der Waals surface area contributed by atoms with Crippen LogP contribution in [0.15, 0.2) is 48.9 Å². The van der Waals surface area contributed by atoms with Crippen LogP contribution in [-0.2, 0) is 0 Å². The standard InChI is InChI=1S/C22H25FN6O/c1-15(16-5-6-20(19(23)12-16)29-10-8-28(2)9-11-29)26-22(30)18-14-25-27-21(18)17-4-3-7-24-13-17/h3-7,12-15H,8-11H2,1-2H3,(H,25,27)(H,26,30). The molecule has 8 heteroatoms. The summed E-state index contributed by atoms with van der Waals surface area (Å²) in [6.45, 7) is 5.27. The number of hydrogen-bond acceptors (Lipinski definition) is 5. The maximum atomic E-state index is 14.8. The molecule has 2 aromatic heterocycles. The quantitative estimate of drug-likeness (QED) is 0.679. The van der Waals surface area contributed by atoms with Crippen LogP contribution < -0.4 is 10.2 Å². The van der Waals surface area contributed by atoms with Gasteiger partial charge < -0.3 is 15.1 Å². The Morgan fingerprint density at radius 3 is 2.70 bits per heavy atom. The Bertz CT molecular complexity index is 1010. The summed E-state index contributed by atoms with van der Waals surface area (Å²) < 4.78 is 14.8. The van der Waals surface area contributed by atoms with Gasteiger partial charge in [0.15, 0.2) is 0 Å². The predicted molar refractivity (Wildman–Crippen MR) is 114 cm³/mol. The molecule has 2 N–H and O–H groups in total. The number of likely N-dealkylation sites (N-methyl/N-ethyl adjacent to an activating group) is 1. The van der Waals surface area contributed by atoms with Crippen molar-refractivity contribution in [1.29, 1.82) is 0 Å². The Hall–Kier alpha value is -3.26. The molecule has 0 radical (unpaired) electrons. The lowest BCUT2D eigenvalue weighted by molar-refractivity contribution is 0.0940. The minimum Gasteiger partial charge on any atom is -0.367 e. The van der Waals surface area contributed by atoms with Crippen molar-refractivity contribution in [3.8, 4) is 11.3 Å². The summed E-state index contributed by atoms with van der Waals surface area (Å²) in [4.78, 5) is 21.2. The number of carbonyl (C=O) groups is 1. The average molecular weight is 408 g/mol. The van der Waals surface area contributed by atoms with E-state index in [-0.39, 0.29) is 17.8 Å². The fourth-order valence-electron chi connectivity index (χ4n) is 3.64. The average Bonchev–Trinajstić information content (AvgIpc) is 3.25. The van der Waals surface area contributed by atoms with Gasteiger partial charge in [0, 0.05) is 44.1 Å². The van der Waals surface area contributed by atoms with Crippen LogP contribution in [0.5, 0.6) is 0 Å². The van der Waals surface area contributed by atoms with Gasteiger partial charge in [0.25, 0.3) is 5.91 Å². The van der Waals surface area contributed by atoms with Gasteiger partial charge >= 0.3 is 0 Å². The van der Waals surface area contributed by atoms with Gasteiger partial charge in [0.2, 0.25) is 0 Å². The molecule has 3 aromatic rings. The molecule has 0 spiro atoms. The van der Waals surface area contributed by atoms with E-state index in [0.717, 1.165) is 31.7 Å².